The molecule has 0 atom stereocenters. The molecule has 1 aliphatic heterocycles. The standard InChI is InChI=1S/C20H26N4O2/c1-13(2)22-20(26)18-23-17(16-9-4-5-10-24(16)18)19(25)21-12-15-8-6-7-14(3)11-15/h6-8,11,13H,4-5,9-10,12H2,1-3H3,(H,21,25)(H,22,26). The van der Waals surface area contributed by atoms with Crippen LogP contribution in [0.4, 0.5) is 0 Å². The van der Waals surface area contributed by atoms with Gasteiger partial charge in [-0.15, -0.1) is 0 Å². The van der Waals surface area contributed by atoms with Crippen molar-refractivity contribution < 1.29 is 9.59 Å². The van der Waals surface area contributed by atoms with Crippen molar-refractivity contribution in [2.24, 2.45) is 0 Å². The van der Waals surface area contributed by atoms with E-state index in [1.807, 2.05) is 49.6 Å². The number of aryl methyl sites for hydroxylation is 1. The van der Waals surface area contributed by atoms with E-state index < -0.39 is 0 Å². The summed E-state index contributed by atoms with van der Waals surface area (Å²) in [7, 11) is 0. The van der Waals surface area contributed by atoms with Gasteiger partial charge in [-0.1, -0.05) is 29.8 Å². The van der Waals surface area contributed by atoms with E-state index in [0.29, 0.717) is 18.1 Å². The molecule has 2 aromatic rings. The number of carbonyl (C=O) groups excluding carboxylic acids is 2. The van der Waals surface area contributed by atoms with E-state index in [2.05, 4.69) is 15.6 Å². The van der Waals surface area contributed by atoms with Crippen LogP contribution in [0.15, 0.2) is 24.3 Å². The number of amides is 2. The monoisotopic (exact) mass is 354 g/mol. The molecule has 3 rings (SSSR count). The second kappa shape index (κ2) is 7.72. The largest absolute Gasteiger partial charge is 0.347 e. The fraction of sp³-hybridized carbons (Fsp3) is 0.450. The number of hydrogen-bond donors (Lipinski definition) is 2. The van der Waals surface area contributed by atoms with Crippen molar-refractivity contribution in [3.63, 3.8) is 0 Å². The molecule has 0 unspecified atom stereocenters. The molecule has 1 aromatic carbocycles. The first-order valence-electron chi connectivity index (χ1n) is 9.19. The van der Waals surface area contributed by atoms with E-state index in [9.17, 15) is 9.59 Å². The van der Waals surface area contributed by atoms with Crippen LogP contribution < -0.4 is 10.6 Å². The molecule has 1 aromatic heterocycles. The molecule has 0 spiro atoms. The number of rotatable bonds is 5. The normalized spacial score (nSPS) is 13.4. The Morgan fingerprint density at radius 2 is 2.04 bits per heavy atom. The van der Waals surface area contributed by atoms with Crippen molar-refractivity contribution in [3.8, 4) is 0 Å². The van der Waals surface area contributed by atoms with Crippen LogP contribution >= 0.6 is 0 Å². The van der Waals surface area contributed by atoms with Crippen LogP contribution in [-0.2, 0) is 19.5 Å². The second-order valence-corrected chi connectivity index (χ2v) is 7.14. The highest BCUT2D eigenvalue weighted by Gasteiger charge is 2.27. The van der Waals surface area contributed by atoms with E-state index >= 15 is 0 Å². The Hall–Kier alpha value is -2.63. The summed E-state index contributed by atoms with van der Waals surface area (Å²) >= 11 is 0. The Bertz CT molecular complexity index is 823. The quantitative estimate of drug-likeness (QED) is 0.866. The molecular formula is C20H26N4O2. The van der Waals surface area contributed by atoms with Crippen molar-refractivity contribution in [3.05, 3.63) is 52.6 Å². The average Bonchev–Trinajstić information content (AvgIpc) is 2.99. The Balaban J connectivity index is 1.81. The number of nitrogens with zero attached hydrogens (tertiary/aromatic N) is 2. The maximum atomic E-state index is 12.7. The number of hydrogen-bond acceptors (Lipinski definition) is 3. The number of nitrogens with one attached hydrogen (secondary N) is 2. The zero-order valence-electron chi connectivity index (χ0n) is 15.6. The van der Waals surface area contributed by atoms with Gasteiger partial charge in [0.15, 0.2) is 5.82 Å². The molecule has 26 heavy (non-hydrogen) atoms. The van der Waals surface area contributed by atoms with Gasteiger partial charge in [0.1, 0.15) is 5.69 Å². The van der Waals surface area contributed by atoms with Gasteiger partial charge in [-0.3, -0.25) is 9.59 Å². The molecule has 0 aliphatic carbocycles. The highest BCUT2D eigenvalue weighted by Crippen LogP contribution is 2.21. The van der Waals surface area contributed by atoms with Gasteiger partial charge in [-0.2, -0.15) is 0 Å². The number of aromatic nitrogens is 2. The van der Waals surface area contributed by atoms with Crippen molar-refractivity contribution in [2.45, 2.75) is 59.2 Å². The molecule has 1 aliphatic rings. The van der Waals surface area contributed by atoms with Crippen LogP contribution in [0.25, 0.3) is 0 Å². The molecule has 0 radical (unpaired) electrons. The first kappa shape index (κ1) is 18.2. The Kier molecular flexibility index (Phi) is 5.40. The van der Waals surface area contributed by atoms with Crippen LogP contribution in [0, 0.1) is 6.92 Å². The molecule has 2 heterocycles. The van der Waals surface area contributed by atoms with Gasteiger partial charge in [0.2, 0.25) is 0 Å². The minimum absolute atomic E-state index is 0.0256. The molecule has 2 amide bonds. The summed E-state index contributed by atoms with van der Waals surface area (Å²) in [6.07, 6.45) is 2.78. The predicted octanol–water partition coefficient (Wildman–Crippen LogP) is 2.60. The molecule has 0 saturated carbocycles. The molecule has 0 saturated heterocycles. The molecule has 2 N–H and O–H groups in total. The molecule has 6 nitrogen and oxygen atoms in total. The fourth-order valence-electron chi connectivity index (χ4n) is 3.31. The minimum Gasteiger partial charge on any atom is -0.347 e. The Labute approximate surface area is 154 Å². The van der Waals surface area contributed by atoms with Gasteiger partial charge in [0, 0.05) is 19.1 Å². The third-order valence-corrected chi connectivity index (χ3v) is 4.49. The topological polar surface area (TPSA) is 76.0 Å². The third-order valence-electron chi connectivity index (χ3n) is 4.49. The maximum absolute atomic E-state index is 12.7. The van der Waals surface area contributed by atoms with Crippen LogP contribution in [0.2, 0.25) is 0 Å². The number of fused-ring (bicyclic) bond motifs is 1. The van der Waals surface area contributed by atoms with Crippen LogP contribution in [-0.4, -0.2) is 27.4 Å². The fourth-order valence-corrected chi connectivity index (χ4v) is 3.31. The van der Waals surface area contributed by atoms with Crippen molar-refractivity contribution in [1.29, 1.82) is 0 Å². The zero-order chi connectivity index (χ0) is 18.7. The first-order chi connectivity index (χ1) is 12.5. The van der Waals surface area contributed by atoms with Crippen molar-refractivity contribution >= 4 is 11.8 Å². The molecule has 0 fully saturated rings. The van der Waals surface area contributed by atoms with Crippen LogP contribution in [0.5, 0.6) is 0 Å². The smallest absolute Gasteiger partial charge is 0.287 e. The van der Waals surface area contributed by atoms with E-state index in [1.165, 1.54) is 0 Å². The van der Waals surface area contributed by atoms with Gasteiger partial charge in [-0.05, 0) is 45.6 Å². The molecule has 138 valence electrons. The van der Waals surface area contributed by atoms with Crippen molar-refractivity contribution in [1.82, 2.24) is 20.2 Å². The highest BCUT2D eigenvalue weighted by molar-refractivity contribution is 5.97. The van der Waals surface area contributed by atoms with Crippen LogP contribution in [0.1, 0.15) is 64.6 Å². The van der Waals surface area contributed by atoms with E-state index in [4.69, 9.17) is 0 Å². The minimum atomic E-state index is -0.222. The zero-order valence-corrected chi connectivity index (χ0v) is 15.6. The Morgan fingerprint density at radius 1 is 1.23 bits per heavy atom. The lowest BCUT2D eigenvalue weighted by molar-refractivity contribution is 0.0927. The molecular weight excluding hydrogens is 328 g/mol. The Morgan fingerprint density at radius 3 is 2.77 bits per heavy atom. The third kappa shape index (κ3) is 3.95. The number of benzene rings is 1. The van der Waals surface area contributed by atoms with Crippen molar-refractivity contribution in [2.75, 3.05) is 0 Å². The van der Waals surface area contributed by atoms with E-state index in [-0.39, 0.29) is 17.9 Å². The summed E-state index contributed by atoms with van der Waals surface area (Å²) in [5, 5.41) is 5.81. The number of imidazole rings is 1. The van der Waals surface area contributed by atoms with Gasteiger partial charge in [-0.25, -0.2) is 4.98 Å². The van der Waals surface area contributed by atoms with Gasteiger partial charge in [0.25, 0.3) is 11.8 Å². The number of carbonyl (C=O) groups is 2. The van der Waals surface area contributed by atoms with Gasteiger partial charge < -0.3 is 15.2 Å². The van der Waals surface area contributed by atoms with Crippen LogP contribution in [0.3, 0.4) is 0 Å². The summed E-state index contributed by atoms with van der Waals surface area (Å²) in [4.78, 5) is 29.6. The SMILES string of the molecule is Cc1cccc(CNC(=O)c2nc(C(=O)NC(C)C)n3c2CCCC3)c1. The summed E-state index contributed by atoms with van der Waals surface area (Å²) in [5.74, 6) is -0.101. The van der Waals surface area contributed by atoms with E-state index in [0.717, 1.165) is 42.6 Å². The lowest BCUT2D eigenvalue weighted by Crippen LogP contribution is -2.33. The highest BCUT2D eigenvalue weighted by atomic mass is 16.2. The lowest BCUT2D eigenvalue weighted by atomic mass is 10.1. The first-order valence-corrected chi connectivity index (χ1v) is 9.19. The van der Waals surface area contributed by atoms with Gasteiger partial charge >= 0.3 is 0 Å². The summed E-state index contributed by atoms with van der Waals surface area (Å²) < 4.78 is 1.91. The summed E-state index contributed by atoms with van der Waals surface area (Å²) in [5.41, 5.74) is 3.45. The lowest BCUT2D eigenvalue weighted by Gasteiger charge is -2.17. The maximum Gasteiger partial charge on any atom is 0.287 e. The average molecular weight is 354 g/mol. The molecule has 0 bridgehead atoms. The van der Waals surface area contributed by atoms with Gasteiger partial charge in [0.05, 0.1) is 5.69 Å². The predicted molar refractivity (Wildman–Crippen MR) is 100 cm³/mol. The van der Waals surface area contributed by atoms with E-state index in [1.54, 1.807) is 0 Å². The second-order valence-electron chi connectivity index (χ2n) is 7.14. The summed E-state index contributed by atoms with van der Waals surface area (Å²) in [6.45, 7) is 7.02. The summed E-state index contributed by atoms with van der Waals surface area (Å²) in [6, 6.07) is 8.06. The molecule has 6 heteroatoms.